The summed E-state index contributed by atoms with van der Waals surface area (Å²) in [6, 6.07) is 65.5. The zero-order valence-corrected chi connectivity index (χ0v) is 29.1. The molecule has 0 fully saturated rings. The summed E-state index contributed by atoms with van der Waals surface area (Å²) < 4.78 is 2.25. The summed E-state index contributed by atoms with van der Waals surface area (Å²) in [4.78, 5) is 15.5. The molecule has 4 nitrogen and oxygen atoms in total. The van der Waals surface area contributed by atoms with Gasteiger partial charge in [-0.05, 0) is 67.4 Å². The number of hydrogen-bond acceptors (Lipinski definition) is 3. The minimum absolute atomic E-state index is 0.453. The molecule has 10 aromatic rings. The molecule has 2 heterocycles. The van der Waals surface area contributed by atoms with Crippen LogP contribution in [-0.2, 0) is 5.41 Å². The van der Waals surface area contributed by atoms with E-state index in [1.54, 1.807) is 0 Å². The fraction of sp³-hybridized carbons (Fsp3) is 0.0200. The van der Waals surface area contributed by atoms with E-state index >= 15 is 0 Å². The van der Waals surface area contributed by atoms with E-state index in [0.717, 1.165) is 22.2 Å². The van der Waals surface area contributed by atoms with Crippen LogP contribution in [-0.4, -0.2) is 19.5 Å². The first kappa shape index (κ1) is 29.4. The van der Waals surface area contributed by atoms with Gasteiger partial charge in [0.05, 0.1) is 16.4 Å². The first-order valence-corrected chi connectivity index (χ1v) is 18.5. The third-order valence-electron chi connectivity index (χ3n) is 11.7. The molecule has 2 aliphatic carbocycles. The predicted octanol–water partition coefficient (Wildman–Crippen LogP) is 11.8. The van der Waals surface area contributed by atoms with E-state index in [1.807, 2.05) is 36.4 Å². The average Bonchev–Trinajstić information content (AvgIpc) is 3.74. The molecule has 2 aliphatic rings. The summed E-state index contributed by atoms with van der Waals surface area (Å²) in [7, 11) is 0. The molecule has 8 aromatic carbocycles. The molecule has 0 atom stereocenters. The molecule has 54 heavy (non-hydrogen) atoms. The number of fused-ring (bicyclic) bond motifs is 13. The van der Waals surface area contributed by atoms with Crippen LogP contribution in [0.25, 0.3) is 83.6 Å². The third kappa shape index (κ3) is 3.79. The normalized spacial score (nSPS) is 13.3. The van der Waals surface area contributed by atoms with E-state index in [2.05, 4.69) is 150 Å². The van der Waals surface area contributed by atoms with Gasteiger partial charge in [-0.15, -0.1) is 0 Å². The quantitative estimate of drug-likeness (QED) is 0.186. The number of para-hydroxylation sites is 1. The molecule has 250 valence electrons. The molecule has 12 rings (SSSR count). The Kier molecular flexibility index (Phi) is 5.95. The van der Waals surface area contributed by atoms with Crippen molar-refractivity contribution < 1.29 is 0 Å². The van der Waals surface area contributed by atoms with Crippen molar-refractivity contribution in [1.29, 1.82) is 0 Å². The number of aromatic nitrogens is 4. The van der Waals surface area contributed by atoms with Crippen LogP contribution in [0.3, 0.4) is 0 Å². The maximum absolute atomic E-state index is 5.23. The van der Waals surface area contributed by atoms with Gasteiger partial charge in [0.2, 0.25) is 5.95 Å². The Morgan fingerprint density at radius 3 is 1.44 bits per heavy atom. The molecule has 0 aliphatic heterocycles. The Hall–Kier alpha value is -7.17. The monoisotopic (exact) mass is 686 g/mol. The van der Waals surface area contributed by atoms with Gasteiger partial charge in [-0.2, -0.15) is 9.97 Å². The lowest BCUT2D eigenvalue weighted by Crippen LogP contribution is -2.31. The van der Waals surface area contributed by atoms with Gasteiger partial charge in [0.25, 0.3) is 0 Å². The third-order valence-corrected chi connectivity index (χ3v) is 11.7. The Morgan fingerprint density at radius 1 is 0.352 bits per heavy atom. The zero-order valence-electron chi connectivity index (χ0n) is 29.1. The molecule has 0 bridgehead atoms. The highest BCUT2D eigenvalue weighted by Crippen LogP contribution is 2.62. The summed E-state index contributed by atoms with van der Waals surface area (Å²) in [5.74, 6) is 1.87. The summed E-state index contributed by atoms with van der Waals surface area (Å²) in [6.45, 7) is 0. The highest BCUT2D eigenvalue weighted by Gasteiger charge is 2.50. The van der Waals surface area contributed by atoms with Gasteiger partial charge in [0.15, 0.2) is 11.6 Å². The van der Waals surface area contributed by atoms with Crippen molar-refractivity contribution >= 4 is 32.6 Å². The standard InChI is InChI=1S/C50H30N4/c1-3-16-31(17-4-1)47-51-48(32-18-5-2-6-19-32)53-49(52-47)54-43-29-14-10-23-36(43)46-37-24-15-28-42-45(37)38(30-44(46)54)35-22-9-13-27-41(35)50(42)39-25-11-7-20-33(39)34-21-8-12-26-40(34)50/h1-30H. The van der Waals surface area contributed by atoms with Crippen molar-refractivity contribution in [3.63, 3.8) is 0 Å². The fourth-order valence-corrected chi connectivity index (χ4v) is 9.58. The molecule has 0 unspecified atom stereocenters. The van der Waals surface area contributed by atoms with Crippen molar-refractivity contribution in [3.05, 3.63) is 204 Å². The van der Waals surface area contributed by atoms with Gasteiger partial charge in [0.1, 0.15) is 0 Å². The molecule has 0 saturated heterocycles. The van der Waals surface area contributed by atoms with E-state index in [-0.39, 0.29) is 0 Å². The molecule has 0 radical (unpaired) electrons. The van der Waals surface area contributed by atoms with Gasteiger partial charge in [-0.25, -0.2) is 4.98 Å². The van der Waals surface area contributed by atoms with Crippen LogP contribution in [0.15, 0.2) is 182 Å². The topological polar surface area (TPSA) is 43.6 Å². The lowest BCUT2D eigenvalue weighted by atomic mass is 9.61. The number of benzene rings is 8. The second-order valence-corrected chi connectivity index (χ2v) is 14.3. The molecule has 4 heteroatoms. The Bertz CT molecular complexity index is 3060. The van der Waals surface area contributed by atoms with Crippen molar-refractivity contribution in [3.8, 4) is 51.0 Å². The minimum atomic E-state index is -0.453. The molecular formula is C50H30N4. The van der Waals surface area contributed by atoms with Gasteiger partial charge >= 0.3 is 0 Å². The number of rotatable bonds is 3. The smallest absolute Gasteiger partial charge is 0.238 e. The van der Waals surface area contributed by atoms with Gasteiger partial charge in [0, 0.05) is 21.9 Å². The van der Waals surface area contributed by atoms with Crippen LogP contribution in [0, 0.1) is 0 Å². The van der Waals surface area contributed by atoms with E-state index in [0.29, 0.717) is 17.6 Å². The molecule has 0 amide bonds. The van der Waals surface area contributed by atoms with Gasteiger partial charge in [-0.3, -0.25) is 4.57 Å². The number of nitrogens with zero attached hydrogens (tertiary/aromatic N) is 4. The lowest BCUT2D eigenvalue weighted by molar-refractivity contribution is 0.773. The van der Waals surface area contributed by atoms with Crippen LogP contribution in [0.5, 0.6) is 0 Å². The Morgan fingerprint density at radius 2 is 0.833 bits per heavy atom. The van der Waals surface area contributed by atoms with Crippen LogP contribution in [0.1, 0.15) is 22.3 Å². The largest absolute Gasteiger partial charge is 0.278 e. The number of hydrogen-bond donors (Lipinski definition) is 0. The van der Waals surface area contributed by atoms with E-state index in [4.69, 9.17) is 15.0 Å². The average molecular weight is 687 g/mol. The van der Waals surface area contributed by atoms with Crippen molar-refractivity contribution in [2.24, 2.45) is 0 Å². The summed E-state index contributed by atoms with van der Waals surface area (Å²) in [5, 5.41) is 4.89. The van der Waals surface area contributed by atoms with E-state index in [1.165, 1.54) is 66.1 Å². The van der Waals surface area contributed by atoms with Crippen molar-refractivity contribution in [2.75, 3.05) is 0 Å². The predicted molar refractivity (Wildman–Crippen MR) is 219 cm³/mol. The van der Waals surface area contributed by atoms with E-state index in [9.17, 15) is 0 Å². The highest BCUT2D eigenvalue weighted by atomic mass is 15.2. The molecule has 2 aromatic heterocycles. The maximum atomic E-state index is 5.23. The maximum Gasteiger partial charge on any atom is 0.238 e. The second-order valence-electron chi connectivity index (χ2n) is 14.3. The van der Waals surface area contributed by atoms with Gasteiger partial charge in [-0.1, -0.05) is 170 Å². The second kappa shape index (κ2) is 10.9. The molecular weight excluding hydrogens is 657 g/mol. The van der Waals surface area contributed by atoms with Crippen LogP contribution >= 0.6 is 0 Å². The zero-order chi connectivity index (χ0) is 35.4. The summed E-state index contributed by atoms with van der Waals surface area (Å²) in [5.41, 5.74) is 13.9. The van der Waals surface area contributed by atoms with Crippen LogP contribution in [0.4, 0.5) is 0 Å². The van der Waals surface area contributed by atoms with Crippen molar-refractivity contribution in [2.45, 2.75) is 5.41 Å². The molecule has 0 saturated carbocycles. The lowest BCUT2D eigenvalue weighted by Gasteiger charge is -2.40. The summed E-state index contributed by atoms with van der Waals surface area (Å²) in [6.07, 6.45) is 0. The van der Waals surface area contributed by atoms with Crippen LogP contribution < -0.4 is 0 Å². The summed E-state index contributed by atoms with van der Waals surface area (Å²) >= 11 is 0. The first-order chi connectivity index (χ1) is 26.8. The van der Waals surface area contributed by atoms with Gasteiger partial charge < -0.3 is 0 Å². The Balaban J connectivity index is 1.24. The highest BCUT2D eigenvalue weighted by molar-refractivity contribution is 6.26. The van der Waals surface area contributed by atoms with Crippen molar-refractivity contribution in [1.82, 2.24) is 19.5 Å². The Labute approximate surface area is 311 Å². The molecule has 1 spiro atoms. The fourth-order valence-electron chi connectivity index (χ4n) is 9.58. The SMILES string of the molecule is c1ccc(-c2nc(-c3ccccc3)nc(-n3c4ccccc4c4c5cccc6c5c(cc43)-c3ccccc3C63c4ccccc4-c4ccccc43)n2)cc1. The van der Waals surface area contributed by atoms with Crippen LogP contribution in [0.2, 0.25) is 0 Å². The first-order valence-electron chi connectivity index (χ1n) is 18.5. The minimum Gasteiger partial charge on any atom is -0.278 e. The van der Waals surface area contributed by atoms with E-state index < -0.39 is 5.41 Å². The molecule has 0 N–H and O–H groups in total.